The van der Waals surface area contributed by atoms with Crippen molar-refractivity contribution in [1.29, 1.82) is 0 Å². The molecule has 0 unspecified atom stereocenters. The molecule has 0 saturated heterocycles. The van der Waals surface area contributed by atoms with Gasteiger partial charge in [-0.3, -0.25) is 4.79 Å². The number of aromatic amines is 1. The van der Waals surface area contributed by atoms with Crippen LogP contribution >= 0.6 is 0 Å². The number of rotatable bonds is 4. The van der Waals surface area contributed by atoms with Crippen molar-refractivity contribution >= 4 is 27.2 Å². The lowest BCUT2D eigenvalue weighted by Crippen LogP contribution is -2.49. The highest BCUT2D eigenvalue weighted by Gasteiger charge is 2.53. The third-order valence-electron chi connectivity index (χ3n) is 7.28. The van der Waals surface area contributed by atoms with Crippen LogP contribution in [0.3, 0.4) is 0 Å². The second-order valence-electron chi connectivity index (χ2n) is 9.22. The van der Waals surface area contributed by atoms with Gasteiger partial charge in [-0.25, -0.2) is 12.7 Å². The predicted octanol–water partition coefficient (Wildman–Crippen LogP) is 3.70. The molecule has 27 heavy (non-hydrogen) atoms. The Morgan fingerprint density at radius 2 is 1.67 bits per heavy atom. The molecule has 6 rings (SSSR count). The molecule has 4 aliphatic carbocycles. The van der Waals surface area contributed by atoms with Crippen LogP contribution in [0, 0.1) is 17.8 Å². The van der Waals surface area contributed by atoms with Crippen LogP contribution in [0.25, 0.3) is 10.9 Å². The van der Waals surface area contributed by atoms with E-state index in [1.165, 1.54) is 37.7 Å². The number of aldehydes is 1. The summed E-state index contributed by atoms with van der Waals surface area (Å²) in [6.45, 7) is 0. The van der Waals surface area contributed by atoms with Crippen LogP contribution in [-0.4, -0.2) is 38.1 Å². The zero-order valence-corrected chi connectivity index (χ0v) is 16.7. The molecule has 1 aromatic carbocycles. The molecule has 0 aliphatic heterocycles. The molecular weight excluding hydrogens is 360 g/mol. The van der Waals surface area contributed by atoms with Crippen molar-refractivity contribution in [2.75, 3.05) is 14.1 Å². The average molecular weight is 387 g/mol. The molecule has 144 valence electrons. The molecule has 2 aromatic rings. The van der Waals surface area contributed by atoms with Gasteiger partial charge in [0.1, 0.15) is 0 Å². The first-order valence-electron chi connectivity index (χ1n) is 9.86. The van der Waals surface area contributed by atoms with Gasteiger partial charge in [-0.2, -0.15) is 0 Å². The summed E-state index contributed by atoms with van der Waals surface area (Å²) in [4.78, 5) is 15.9. The smallest absolute Gasteiger partial charge is 0.242 e. The Balaban J connectivity index is 1.67. The second-order valence-corrected chi connectivity index (χ2v) is 11.4. The number of hydrogen-bond acceptors (Lipinski definition) is 3. The molecule has 0 spiro atoms. The molecule has 6 heteroatoms. The van der Waals surface area contributed by atoms with Gasteiger partial charge in [0.15, 0.2) is 6.29 Å². The van der Waals surface area contributed by atoms with E-state index in [1.54, 1.807) is 12.1 Å². The third kappa shape index (κ3) is 2.46. The maximum atomic E-state index is 12.5. The predicted molar refractivity (Wildman–Crippen MR) is 104 cm³/mol. The topological polar surface area (TPSA) is 70.2 Å². The first-order valence-corrected chi connectivity index (χ1v) is 11.3. The molecule has 0 atom stereocenters. The molecule has 4 saturated carbocycles. The number of H-pyrrole nitrogens is 1. The lowest BCUT2D eigenvalue weighted by Gasteiger charge is -2.56. The van der Waals surface area contributed by atoms with Crippen molar-refractivity contribution in [3.05, 3.63) is 29.5 Å². The van der Waals surface area contributed by atoms with Gasteiger partial charge in [0.2, 0.25) is 10.0 Å². The van der Waals surface area contributed by atoms with Gasteiger partial charge < -0.3 is 4.98 Å². The number of aromatic nitrogens is 1. The van der Waals surface area contributed by atoms with E-state index in [9.17, 15) is 13.2 Å². The molecule has 4 bridgehead atoms. The minimum Gasteiger partial charge on any atom is -0.357 e. The van der Waals surface area contributed by atoms with E-state index in [0.717, 1.165) is 59.9 Å². The zero-order valence-electron chi connectivity index (χ0n) is 15.9. The Morgan fingerprint density at radius 1 is 1.07 bits per heavy atom. The minimum absolute atomic E-state index is 0.0740. The van der Waals surface area contributed by atoms with Crippen LogP contribution < -0.4 is 0 Å². The highest BCUT2D eigenvalue weighted by atomic mass is 32.2. The molecule has 1 aromatic heterocycles. The maximum absolute atomic E-state index is 12.5. The van der Waals surface area contributed by atoms with E-state index < -0.39 is 10.0 Å². The van der Waals surface area contributed by atoms with Crippen molar-refractivity contribution in [3.63, 3.8) is 0 Å². The van der Waals surface area contributed by atoms with E-state index in [4.69, 9.17) is 0 Å². The highest BCUT2D eigenvalue weighted by Crippen LogP contribution is 2.61. The Bertz CT molecular complexity index is 1000. The highest BCUT2D eigenvalue weighted by molar-refractivity contribution is 7.89. The Kier molecular flexibility index (Phi) is 3.66. The van der Waals surface area contributed by atoms with Crippen molar-refractivity contribution in [2.24, 2.45) is 17.8 Å². The standard InChI is InChI=1S/C21H26N2O3S/c1-23(2)27(25,26)16-3-4-19-17(8-16)18(12-24)20(22-19)21-9-13-5-14(10-21)7-15(6-13)11-21/h3-4,8,12-15,22H,5-7,9-11H2,1-2H3. The Labute approximate surface area is 160 Å². The fraction of sp³-hybridized carbons (Fsp3) is 0.571. The van der Waals surface area contributed by atoms with Gasteiger partial charge in [-0.05, 0) is 74.5 Å². The SMILES string of the molecule is CN(C)S(=O)(=O)c1ccc2[nH]c(C34CC5CC(CC(C5)C3)C4)c(C=O)c2c1. The molecule has 0 amide bonds. The van der Waals surface area contributed by atoms with Crippen molar-refractivity contribution < 1.29 is 13.2 Å². The summed E-state index contributed by atoms with van der Waals surface area (Å²) in [5.74, 6) is 2.35. The Morgan fingerprint density at radius 3 is 2.19 bits per heavy atom. The van der Waals surface area contributed by atoms with E-state index >= 15 is 0 Å². The largest absolute Gasteiger partial charge is 0.357 e. The minimum atomic E-state index is -3.53. The summed E-state index contributed by atoms with van der Waals surface area (Å²) in [6, 6.07) is 5.10. The molecule has 5 nitrogen and oxygen atoms in total. The first-order chi connectivity index (χ1) is 12.8. The van der Waals surface area contributed by atoms with Gasteiger partial charge in [0.05, 0.1) is 4.90 Å². The number of carbonyl (C=O) groups excluding carboxylic acids is 1. The van der Waals surface area contributed by atoms with Crippen LogP contribution in [0.2, 0.25) is 0 Å². The number of sulfonamides is 1. The fourth-order valence-corrected chi connectivity index (χ4v) is 7.45. The number of fused-ring (bicyclic) bond motifs is 1. The van der Waals surface area contributed by atoms with Crippen LogP contribution in [0.5, 0.6) is 0 Å². The Hall–Kier alpha value is -1.66. The quantitative estimate of drug-likeness (QED) is 0.815. The van der Waals surface area contributed by atoms with Crippen LogP contribution in [0.15, 0.2) is 23.1 Å². The van der Waals surface area contributed by atoms with Crippen molar-refractivity contribution in [3.8, 4) is 0 Å². The van der Waals surface area contributed by atoms with E-state index in [2.05, 4.69) is 4.98 Å². The van der Waals surface area contributed by atoms with Crippen molar-refractivity contribution in [1.82, 2.24) is 9.29 Å². The first kappa shape index (κ1) is 17.4. The van der Waals surface area contributed by atoms with Gasteiger partial charge in [-0.1, -0.05) is 0 Å². The van der Waals surface area contributed by atoms with E-state index in [1.807, 2.05) is 6.07 Å². The summed E-state index contributed by atoms with van der Waals surface area (Å²) >= 11 is 0. The van der Waals surface area contributed by atoms with Gasteiger partial charge in [-0.15, -0.1) is 0 Å². The molecule has 1 N–H and O–H groups in total. The van der Waals surface area contributed by atoms with E-state index in [-0.39, 0.29) is 10.3 Å². The number of nitrogens with one attached hydrogen (secondary N) is 1. The summed E-state index contributed by atoms with van der Waals surface area (Å²) in [7, 11) is -0.474. The number of nitrogens with zero attached hydrogens (tertiary/aromatic N) is 1. The number of benzene rings is 1. The van der Waals surface area contributed by atoms with Crippen LogP contribution in [-0.2, 0) is 15.4 Å². The summed E-state index contributed by atoms with van der Waals surface area (Å²) in [5.41, 5.74) is 2.67. The van der Waals surface area contributed by atoms with E-state index in [0.29, 0.717) is 5.56 Å². The van der Waals surface area contributed by atoms with Gasteiger partial charge >= 0.3 is 0 Å². The zero-order chi connectivity index (χ0) is 19.0. The summed E-state index contributed by atoms with van der Waals surface area (Å²) in [6.07, 6.45) is 8.46. The number of carbonyl (C=O) groups is 1. The molecule has 4 aliphatic rings. The number of hydrogen-bond donors (Lipinski definition) is 1. The maximum Gasteiger partial charge on any atom is 0.242 e. The molecule has 0 radical (unpaired) electrons. The molecule has 4 fully saturated rings. The van der Waals surface area contributed by atoms with Crippen molar-refractivity contribution in [2.45, 2.75) is 48.8 Å². The normalized spacial score (nSPS) is 32.5. The molecule has 1 heterocycles. The second kappa shape index (κ2) is 5.67. The lowest BCUT2D eigenvalue weighted by atomic mass is 9.48. The monoisotopic (exact) mass is 386 g/mol. The third-order valence-corrected chi connectivity index (χ3v) is 9.09. The van der Waals surface area contributed by atoms with Gasteiger partial charge in [0, 0.05) is 41.7 Å². The van der Waals surface area contributed by atoms with Crippen LogP contribution in [0.1, 0.15) is 54.6 Å². The van der Waals surface area contributed by atoms with Crippen LogP contribution in [0.4, 0.5) is 0 Å². The molecular formula is C21H26N2O3S. The lowest BCUT2D eigenvalue weighted by molar-refractivity contribution is -0.00710. The van der Waals surface area contributed by atoms with Gasteiger partial charge in [0.25, 0.3) is 0 Å². The summed E-state index contributed by atoms with van der Waals surface area (Å²) < 4.78 is 26.3. The fourth-order valence-electron chi connectivity index (χ4n) is 6.52. The summed E-state index contributed by atoms with van der Waals surface area (Å²) in [5, 5.41) is 0.735. The average Bonchev–Trinajstić information content (AvgIpc) is 2.99.